The van der Waals surface area contributed by atoms with Crippen molar-refractivity contribution in [3.63, 3.8) is 0 Å². The quantitative estimate of drug-likeness (QED) is 0.713. The van der Waals surface area contributed by atoms with Gasteiger partial charge in [-0.2, -0.15) is 10.4 Å². The van der Waals surface area contributed by atoms with Gasteiger partial charge < -0.3 is 15.4 Å². The van der Waals surface area contributed by atoms with Crippen LogP contribution in [0.5, 0.6) is 5.75 Å². The summed E-state index contributed by atoms with van der Waals surface area (Å²) >= 11 is 6.13. The maximum atomic E-state index is 12.8. The molecule has 1 aliphatic rings. The van der Waals surface area contributed by atoms with E-state index in [1.807, 2.05) is 33.8 Å². The summed E-state index contributed by atoms with van der Waals surface area (Å²) in [5, 5.41) is 19.2. The summed E-state index contributed by atoms with van der Waals surface area (Å²) in [6.07, 6.45) is 1.40. The first-order chi connectivity index (χ1) is 14.5. The molecule has 9 heteroatoms. The van der Waals surface area contributed by atoms with Gasteiger partial charge in [-0.1, -0.05) is 39.3 Å². The first-order valence-corrected chi connectivity index (χ1v) is 10.3. The van der Waals surface area contributed by atoms with E-state index in [0.717, 1.165) is 0 Å². The zero-order valence-corrected chi connectivity index (χ0v) is 18.9. The van der Waals surface area contributed by atoms with E-state index in [1.165, 1.54) is 4.68 Å². The van der Waals surface area contributed by atoms with Crippen molar-refractivity contribution in [2.24, 2.45) is 10.8 Å². The molecule has 0 unspecified atom stereocenters. The average Bonchev–Trinajstić information content (AvgIpc) is 3.18. The van der Waals surface area contributed by atoms with Gasteiger partial charge in [0.05, 0.1) is 10.6 Å². The first-order valence-electron chi connectivity index (χ1n) is 9.92. The van der Waals surface area contributed by atoms with Crippen molar-refractivity contribution in [1.82, 2.24) is 20.4 Å². The number of likely N-dealkylation sites (N-methyl/N-ethyl adjacent to an activating group) is 1. The van der Waals surface area contributed by atoms with Crippen molar-refractivity contribution in [3.05, 3.63) is 46.7 Å². The minimum Gasteiger partial charge on any atom is -0.489 e. The Labute approximate surface area is 186 Å². The lowest BCUT2D eigenvalue weighted by atomic mass is 9.49. The molecule has 1 fully saturated rings. The predicted octanol–water partition coefficient (Wildman–Crippen LogP) is 2.77. The van der Waals surface area contributed by atoms with Crippen molar-refractivity contribution < 1.29 is 14.3 Å². The van der Waals surface area contributed by atoms with Crippen LogP contribution in [0.2, 0.25) is 5.02 Å². The molecule has 0 atom stereocenters. The van der Waals surface area contributed by atoms with E-state index >= 15 is 0 Å². The predicted molar refractivity (Wildman–Crippen MR) is 116 cm³/mol. The lowest BCUT2D eigenvalue weighted by molar-refractivity contribution is -0.164. The fourth-order valence-corrected chi connectivity index (χ4v) is 4.81. The van der Waals surface area contributed by atoms with Crippen LogP contribution in [0.15, 0.2) is 30.5 Å². The summed E-state index contributed by atoms with van der Waals surface area (Å²) in [5.41, 5.74) is -0.102. The van der Waals surface area contributed by atoms with Gasteiger partial charge in [0.25, 0.3) is 5.91 Å². The van der Waals surface area contributed by atoms with Crippen LogP contribution in [0.25, 0.3) is 0 Å². The molecule has 2 aromatic rings. The summed E-state index contributed by atoms with van der Waals surface area (Å²) in [7, 11) is 1.55. The van der Waals surface area contributed by atoms with E-state index in [0.29, 0.717) is 16.3 Å². The number of halogens is 1. The highest BCUT2D eigenvalue weighted by Crippen LogP contribution is 2.55. The van der Waals surface area contributed by atoms with Crippen molar-refractivity contribution >= 4 is 23.4 Å². The Hall–Kier alpha value is -3.05. The molecule has 1 heterocycles. The molecular weight excluding hydrogens is 418 g/mol. The second-order valence-corrected chi connectivity index (χ2v) is 9.28. The Balaban J connectivity index is 1.71. The average molecular weight is 444 g/mol. The highest BCUT2D eigenvalue weighted by Gasteiger charge is 2.64. The van der Waals surface area contributed by atoms with E-state index in [2.05, 4.69) is 15.7 Å². The van der Waals surface area contributed by atoms with E-state index in [9.17, 15) is 9.59 Å². The SMILES string of the molecule is CNC(=O)Cn1ccc(C(=O)NC2C(C)(C)C(Oc3ccc(C#N)c(Cl)c3)C2(C)C)n1. The fourth-order valence-electron chi connectivity index (χ4n) is 4.60. The normalized spacial score (nSPS) is 20.8. The molecule has 0 spiro atoms. The standard InChI is InChI=1S/C22H26ClN5O3/c1-21(2)19(26-18(30)16-8-9-28(27-16)12-17(29)25-5)22(3,4)20(21)31-14-7-6-13(11-24)15(23)10-14/h6-10,19-20H,12H2,1-5H3,(H,25,29)(H,26,30). The van der Waals surface area contributed by atoms with E-state index < -0.39 is 0 Å². The van der Waals surface area contributed by atoms with Gasteiger partial charge in [-0.05, 0) is 18.2 Å². The molecule has 3 rings (SSSR count). The Bertz CT molecular complexity index is 1040. The van der Waals surface area contributed by atoms with Crippen LogP contribution in [-0.2, 0) is 11.3 Å². The number of carbonyl (C=O) groups is 2. The monoisotopic (exact) mass is 443 g/mol. The first kappa shape index (κ1) is 22.6. The second kappa shape index (κ2) is 8.23. The third kappa shape index (κ3) is 4.23. The van der Waals surface area contributed by atoms with Gasteiger partial charge >= 0.3 is 0 Å². The number of carbonyl (C=O) groups excluding carboxylic acids is 2. The molecule has 164 valence electrons. The molecule has 1 saturated carbocycles. The molecule has 2 N–H and O–H groups in total. The summed E-state index contributed by atoms with van der Waals surface area (Å²) in [6.45, 7) is 8.17. The minimum absolute atomic E-state index is 0.0489. The summed E-state index contributed by atoms with van der Waals surface area (Å²) in [4.78, 5) is 24.3. The van der Waals surface area contributed by atoms with Crippen molar-refractivity contribution in [1.29, 1.82) is 5.26 Å². The largest absolute Gasteiger partial charge is 0.489 e. The van der Waals surface area contributed by atoms with Gasteiger partial charge in [0.15, 0.2) is 0 Å². The summed E-state index contributed by atoms with van der Waals surface area (Å²) < 4.78 is 7.65. The lowest BCUT2D eigenvalue weighted by Crippen LogP contribution is -2.74. The Morgan fingerprint density at radius 2 is 1.94 bits per heavy atom. The minimum atomic E-state index is -0.371. The van der Waals surface area contributed by atoms with Gasteiger partial charge in [-0.3, -0.25) is 14.3 Å². The van der Waals surface area contributed by atoms with Crippen LogP contribution in [-0.4, -0.2) is 40.8 Å². The van der Waals surface area contributed by atoms with Gasteiger partial charge in [-0.15, -0.1) is 0 Å². The van der Waals surface area contributed by atoms with Crippen LogP contribution in [0.1, 0.15) is 43.7 Å². The number of amides is 2. The lowest BCUT2D eigenvalue weighted by Gasteiger charge is -2.63. The van der Waals surface area contributed by atoms with E-state index in [1.54, 1.807) is 37.5 Å². The molecule has 1 aromatic heterocycles. The number of nitrogens with zero attached hydrogens (tertiary/aromatic N) is 3. The van der Waals surface area contributed by atoms with Crippen LogP contribution >= 0.6 is 11.6 Å². The summed E-state index contributed by atoms with van der Waals surface area (Å²) in [5.74, 6) is 0.0776. The van der Waals surface area contributed by atoms with Gasteiger partial charge in [-0.25, -0.2) is 0 Å². The van der Waals surface area contributed by atoms with Gasteiger partial charge in [0.1, 0.15) is 30.2 Å². The van der Waals surface area contributed by atoms with Crippen LogP contribution < -0.4 is 15.4 Å². The molecule has 0 bridgehead atoms. The number of hydrogen-bond donors (Lipinski definition) is 2. The Kier molecular flexibility index (Phi) is 6.01. The molecule has 31 heavy (non-hydrogen) atoms. The molecule has 0 saturated heterocycles. The number of rotatable bonds is 6. The van der Waals surface area contributed by atoms with Crippen molar-refractivity contribution in [2.75, 3.05) is 7.05 Å². The number of ether oxygens (including phenoxy) is 1. The Morgan fingerprint density at radius 1 is 1.26 bits per heavy atom. The number of aromatic nitrogens is 2. The third-order valence-electron chi connectivity index (χ3n) is 5.89. The fraction of sp³-hybridized carbons (Fsp3) is 0.455. The molecule has 1 aromatic carbocycles. The van der Waals surface area contributed by atoms with Crippen LogP contribution in [0.3, 0.4) is 0 Å². The Morgan fingerprint density at radius 3 is 2.52 bits per heavy atom. The highest BCUT2D eigenvalue weighted by atomic mass is 35.5. The van der Waals surface area contributed by atoms with Crippen molar-refractivity contribution in [3.8, 4) is 11.8 Å². The number of nitriles is 1. The molecule has 1 aliphatic carbocycles. The molecular formula is C22H26ClN5O3. The highest BCUT2D eigenvalue weighted by molar-refractivity contribution is 6.31. The molecule has 2 amide bonds. The zero-order chi connectivity index (χ0) is 23.0. The van der Waals surface area contributed by atoms with E-state index in [-0.39, 0.29) is 47.0 Å². The number of benzene rings is 1. The maximum Gasteiger partial charge on any atom is 0.272 e. The molecule has 8 nitrogen and oxygen atoms in total. The zero-order valence-electron chi connectivity index (χ0n) is 18.2. The third-order valence-corrected chi connectivity index (χ3v) is 6.20. The topological polar surface area (TPSA) is 109 Å². The number of hydrogen-bond acceptors (Lipinski definition) is 5. The van der Waals surface area contributed by atoms with E-state index in [4.69, 9.17) is 21.6 Å². The second-order valence-electron chi connectivity index (χ2n) is 8.87. The van der Waals surface area contributed by atoms with Crippen molar-refractivity contribution in [2.45, 2.75) is 46.4 Å². The molecule has 0 aliphatic heterocycles. The molecule has 0 radical (unpaired) electrons. The summed E-state index contributed by atoms with van der Waals surface area (Å²) in [6, 6.07) is 8.44. The van der Waals surface area contributed by atoms with Gasteiger partial charge in [0, 0.05) is 36.2 Å². The van der Waals surface area contributed by atoms with Gasteiger partial charge in [0.2, 0.25) is 5.91 Å². The smallest absolute Gasteiger partial charge is 0.272 e. The van der Waals surface area contributed by atoms with Crippen LogP contribution in [0, 0.1) is 22.2 Å². The van der Waals surface area contributed by atoms with Crippen LogP contribution in [0.4, 0.5) is 0 Å². The number of nitrogens with one attached hydrogen (secondary N) is 2. The maximum absolute atomic E-state index is 12.8.